The molecule has 32 heavy (non-hydrogen) atoms. The Labute approximate surface area is 188 Å². The molecule has 1 aliphatic rings. The van der Waals surface area contributed by atoms with Gasteiger partial charge in [0.25, 0.3) is 0 Å². The molecule has 0 saturated carbocycles. The first-order chi connectivity index (χ1) is 15.0. The smallest absolute Gasteiger partial charge is 0.421 e. The molecule has 0 radical (unpaired) electrons. The number of nitrogens with one attached hydrogen (secondary N) is 1. The summed E-state index contributed by atoms with van der Waals surface area (Å²) in [5.74, 6) is -0.782. The topological polar surface area (TPSA) is 54.5 Å². The fraction of sp³-hybridized carbons (Fsp3) is 0.500. The molecule has 176 valence electrons. The first-order valence-corrected chi connectivity index (χ1v) is 10.6. The van der Waals surface area contributed by atoms with Gasteiger partial charge in [-0.25, -0.2) is 4.98 Å². The molecule has 0 bridgehead atoms. The Kier molecular flexibility index (Phi) is 8.66. The molecule has 1 N–H and O–H groups in total. The van der Waals surface area contributed by atoms with Crippen LogP contribution in [0.4, 0.5) is 13.2 Å². The standard InChI is InChI=1S/C24H32F3N3O2/c1-6-7-8-10-17(2)18-15-30(5)14-12-20(18)29-22(31)23(3,4)16-32-21-19(24(25,26)27)11-9-13-28-21/h6-11,13,18,20H,2,12,14-16H2,1,3-5H3,(H,29,31)/b7-6-,10-8-/t18-,20+/m0/s1. The molecule has 1 aliphatic heterocycles. The zero-order valence-electron chi connectivity index (χ0n) is 19.1. The van der Waals surface area contributed by atoms with Crippen molar-refractivity contribution in [2.45, 2.75) is 39.4 Å². The summed E-state index contributed by atoms with van der Waals surface area (Å²) in [6.07, 6.45) is 5.09. The maximum Gasteiger partial charge on any atom is 0.421 e. The summed E-state index contributed by atoms with van der Waals surface area (Å²) >= 11 is 0. The number of hydrogen-bond acceptors (Lipinski definition) is 4. The van der Waals surface area contributed by atoms with Crippen LogP contribution < -0.4 is 10.1 Å². The Balaban J connectivity index is 2.08. The summed E-state index contributed by atoms with van der Waals surface area (Å²) in [5, 5.41) is 3.08. The summed E-state index contributed by atoms with van der Waals surface area (Å²) in [7, 11) is 2.02. The fourth-order valence-electron chi connectivity index (χ4n) is 3.48. The number of ether oxygens (including phenoxy) is 1. The number of pyridine rings is 1. The number of piperidine rings is 1. The Morgan fingerprint density at radius 2 is 2.09 bits per heavy atom. The Morgan fingerprint density at radius 3 is 2.75 bits per heavy atom. The summed E-state index contributed by atoms with van der Waals surface area (Å²) in [5.41, 5.74) is -1.11. The van der Waals surface area contributed by atoms with E-state index in [1.165, 1.54) is 12.3 Å². The third kappa shape index (κ3) is 6.95. The number of carbonyl (C=O) groups is 1. The second-order valence-corrected chi connectivity index (χ2v) is 8.72. The van der Waals surface area contributed by atoms with Gasteiger partial charge in [0.1, 0.15) is 12.2 Å². The Bertz CT molecular complexity index is 862. The number of carbonyl (C=O) groups excluding carboxylic acids is 1. The largest absolute Gasteiger partial charge is 0.476 e. The highest BCUT2D eigenvalue weighted by molar-refractivity contribution is 5.82. The number of amides is 1. The van der Waals surface area contributed by atoms with Gasteiger partial charge in [0.05, 0.1) is 5.41 Å². The number of aromatic nitrogens is 1. The molecule has 1 aromatic heterocycles. The van der Waals surface area contributed by atoms with E-state index in [4.69, 9.17) is 4.74 Å². The summed E-state index contributed by atoms with van der Waals surface area (Å²) in [6, 6.07) is 1.98. The molecule has 1 fully saturated rings. The molecular formula is C24H32F3N3O2. The predicted molar refractivity (Wildman–Crippen MR) is 119 cm³/mol. The van der Waals surface area contributed by atoms with Crippen LogP contribution in [-0.4, -0.2) is 48.6 Å². The third-order valence-corrected chi connectivity index (χ3v) is 5.48. The Hall–Kier alpha value is -2.61. The second kappa shape index (κ2) is 10.8. The van der Waals surface area contributed by atoms with Crippen LogP contribution in [0.3, 0.4) is 0 Å². The second-order valence-electron chi connectivity index (χ2n) is 8.72. The number of halogens is 3. The van der Waals surface area contributed by atoms with Gasteiger partial charge in [0.15, 0.2) is 0 Å². The molecule has 1 saturated heterocycles. The number of allylic oxidation sites excluding steroid dienone is 4. The quantitative estimate of drug-likeness (QED) is 0.586. The maximum atomic E-state index is 13.2. The highest BCUT2D eigenvalue weighted by Gasteiger charge is 2.38. The van der Waals surface area contributed by atoms with Crippen LogP contribution in [0.5, 0.6) is 5.88 Å². The van der Waals surface area contributed by atoms with E-state index in [2.05, 4.69) is 21.8 Å². The minimum absolute atomic E-state index is 0.0311. The van der Waals surface area contributed by atoms with Gasteiger partial charge >= 0.3 is 6.18 Å². The van der Waals surface area contributed by atoms with Crippen molar-refractivity contribution in [3.8, 4) is 5.88 Å². The lowest BCUT2D eigenvalue weighted by Crippen LogP contribution is -2.53. The van der Waals surface area contributed by atoms with Gasteiger partial charge in [-0.1, -0.05) is 30.9 Å². The van der Waals surface area contributed by atoms with Gasteiger partial charge in [-0.3, -0.25) is 4.79 Å². The normalized spacial score (nSPS) is 20.6. The van der Waals surface area contributed by atoms with E-state index in [0.717, 1.165) is 31.1 Å². The zero-order chi connectivity index (χ0) is 23.9. The van der Waals surface area contributed by atoms with Crippen molar-refractivity contribution in [3.63, 3.8) is 0 Å². The number of likely N-dealkylation sites (tertiary alicyclic amines) is 1. The third-order valence-electron chi connectivity index (χ3n) is 5.48. The number of nitrogens with zero attached hydrogens (tertiary/aromatic N) is 2. The molecule has 1 aromatic rings. The monoisotopic (exact) mass is 451 g/mol. The Morgan fingerprint density at radius 1 is 1.38 bits per heavy atom. The zero-order valence-corrected chi connectivity index (χ0v) is 19.1. The predicted octanol–water partition coefficient (Wildman–Crippen LogP) is 4.63. The van der Waals surface area contributed by atoms with Gasteiger partial charge < -0.3 is 15.0 Å². The van der Waals surface area contributed by atoms with E-state index >= 15 is 0 Å². The molecule has 0 unspecified atom stereocenters. The van der Waals surface area contributed by atoms with Gasteiger partial charge in [0.2, 0.25) is 11.8 Å². The fourth-order valence-corrected chi connectivity index (χ4v) is 3.48. The molecular weight excluding hydrogens is 419 g/mol. The van der Waals surface area contributed by atoms with Gasteiger partial charge in [-0.15, -0.1) is 0 Å². The lowest BCUT2D eigenvalue weighted by Gasteiger charge is -2.39. The minimum atomic E-state index is -4.59. The van der Waals surface area contributed by atoms with E-state index in [1.54, 1.807) is 13.8 Å². The van der Waals surface area contributed by atoms with E-state index in [1.807, 2.05) is 38.3 Å². The molecule has 8 heteroatoms. The average molecular weight is 452 g/mol. The molecule has 0 spiro atoms. The molecule has 0 aromatic carbocycles. The highest BCUT2D eigenvalue weighted by Crippen LogP contribution is 2.35. The molecule has 1 amide bonds. The first-order valence-electron chi connectivity index (χ1n) is 10.6. The number of alkyl halides is 3. The van der Waals surface area contributed by atoms with Crippen LogP contribution in [0.15, 0.2) is 54.8 Å². The van der Waals surface area contributed by atoms with Crippen LogP contribution in [0, 0.1) is 11.3 Å². The molecule has 5 nitrogen and oxygen atoms in total. The average Bonchev–Trinajstić information content (AvgIpc) is 2.73. The molecule has 2 atom stereocenters. The summed E-state index contributed by atoms with van der Waals surface area (Å²) in [4.78, 5) is 18.9. The van der Waals surface area contributed by atoms with Gasteiger partial charge in [-0.2, -0.15) is 13.2 Å². The molecule has 0 aliphatic carbocycles. The maximum absolute atomic E-state index is 13.2. The lowest BCUT2D eigenvalue weighted by atomic mass is 9.84. The summed E-state index contributed by atoms with van der Waals surface area (Å²) in [6.45, 7) is 10.7. The van der Waals surface area contributed by atoms with Crippen molar-refractivity contribution in [1.29, 1.82) is 0 Å². The SMILES string of the molecule is C=C(/C=C\C=C/C)[C@@H]1CN(C)CC[C@H]1NC(=O)C(C)(C)COc1ncccc1C(F)(F)F. The van der Waals surface area contributed by atoms with Crippen molar-refractivity contribution < 1.29 is 22.7 Å². The number of rotatable bonds is 8. The van der Waals surface area contributed by atoms with Crippen molar-refractivity contribution in [3.05, 3.63) is 60.3 Å². The van der Waals surface area contributed by atoms with E-state index in [-0.39, 0.29) is 24.5 Å². The van der Waals surface area contributed by atoms with Crippen molar-refractivity contribution in [1.82, 2.24) is 15.2 Å². The van der Waals surface area contributed by atoms with E-state index < -0.39 is 23.0 Å². The van der Waals surface area contributed by atoms with Gasteiger partial charge in [-0.05, 0) is 58.5 Å². The molecule has 2 rings (SSSR count). The first kappa shape index (κ1) is 25.6. The summed E-state index contributed by atoms with van der Waals surface area (Å²) < 4.78 is 44.9. The van der Waals surface area contributed by atoms with Crippen LogP contribution in [0.25, 0.3) is 0 Å². The minimum Gasteiger partial charge on any atom is -0.476 e. The molecule has 2 heterocycles. The van der Waals surface area contributed by atoms with Crippen LogP contribution in [0.2, 0.25) is 0 Å². The number of hydrogen-bond donors (Lipinski definition) is 1. The van der Waals surface area contributed by atoms with Crippen molar-refractivity contribution in [2.75, 3.05) is 26.7 Å². The van der Waals surface area contributed by atoms with E-state index in [9.17, 15) is 18.0 Å². The van der Waals surface area contributed by atoms with Gasteiger partial charge in [0, 0.05) is 24.7 Å². The van der Waals surface area contributed by atoms with Crippen LogP contribution in [0.1, 0.15) is 32.8 Å². The highest BCUT2D eigenvalue weighted by atomic mass is 19.4. The van der Waals surface area contributed by atoms with Crippen LogP contribution >= 0.6 is 0 Å². The lowest BCUT2D eigenvalue weighted by molar-refractivity contribution is -0.139. The van der Waals surface area contributed by atoms with Crippen molar-refractivity contribution >= 4 is 5.91 Å². The van der Waals surface area contributed by atoms with Crippen molar-refractivity contribution in [2.24, 2.45) is 11.3 Å². The van der Waals surface area contributed by atoms with Crippen LogP contribution in [-0.2, 0) is 11.0 Å². The van der Waals surface area contributed by atoms with E-state index in [0.29, 0.717) is 0 Å².